The van der Waals surface area contributed by atoms with E-state index in [4.69, 9.17) is 31.9 Å². The van der Waals surface area contributed by atoms with Gasteiger partial charge in [-0.25, -0.2) is 11.7 Å². The van der Waals surface area contributed by atoms with Crippen LogP contribution in [0.4, 0.5) is 11.4 Å². The Kier molecular flexibility index (Phi) is 10.0. The first-order valence-corrected chi connectivity index (χ1v) is 15.8. The summed E-state index contributed by atoms with van der Waals surface area (Å²) in [6.45, 7) is 0. The number of aromatic nitrogens is 2. The summed E-state index contributed by atoms with van der Waals surface area (Å²) < 4.78 is 5.00. The second-order valence-electron chi connectivity index (χ2n) is 8.43. The van der Waals surface area contributed by atoms with Gasteiger partial charge in [0, 0.05) is 23.2 Å². The van der Waals surface area contributed by atoms with E-state index in [2.05, 4.69) is 88.5 Å². The van der Waals surface area contributed by atoms with E-state index in [1.807, 2.05) is 12.1 Å². The number of nitrogens with zero attached hydrogens (tertiary/aromatic N) is 10. The first kappa shape index (κ1) is 29.8. The summed E-state index contributed by atoms with van der Waals surface area (Å²) in [6.07, 6.45) is 16.8. The molecule has 2 aromatic heterocycles. The molecule has 0 fully saturated rings. The molecule has 0 N–H and O–H groups in total. The predicted molar refractivity (Wildman–Crippen MR) is 167 cm³/mol. The SMILES string of the molecule is C1=C[N]2[Pb][N]3C=CC=c4ccc(c2c43)=C1.N#CC(=C=[N-])C#N.N#CC(=C=[N-])C#N.c1cnc2c(c1)ccc1cccnc12. The predicted octanol–water partition coefficient (Wildman–Crippen LogP) is 3.64. The molecule has 0 spiro atoms. The molecule has 3 aliphatic rings. The second kappa shape index (κ2) is 14.5. The zero-order valence-electron chi connectivity index (χ0n) is 22.2. The fourth-order valence-electron chi connectivity index (χ4n) is 4.11. The zero-order chi connectivity index (χ0) is 30.6. The number of hydrogen-bond donors (Lipinski definition) is 0. The Morgan fingerprint density at radius 1 is 0.628 bits per heavy atom. The maximum absolute atomic E-state index is 7.79. The van der Waals surface area contributed by atoms with Crippen LogP contribution in [-0.4, -0.2) is 46.5 Å². The summed E-state index contributed by atoms with van der Waals surface area (Å²) in [5, 5.41) is 51.8. The van der Waals surface area contributed by atoms with E-state index in [1.165, 1.54) is 57.8 Å². The summed E-state index contributed by atoms with van der Waals surface area (Å²) in [6, 6.07) is 22.2. The molecule has 2 radical (unpaired) electrons. The van der Waals surface area contributed by atoms with Crippen molar-refractivity contribution in [1.82, 2.24) is 9.97 Å². The van der Waals surface area contributed by atoms with Crippen molar-refractivity contribution in [1.29, 1.82) is 21.0 Å². The molecule has 0 saturated heterocycles. The number of anilines is 2. The van der Waals surface area contributed by atoms with Gasteiger partial charge >= 0.3 is 101 Å². The van der Waals surface area contributed by atoms with Crippen LogP contribution in [0.2, 0.25) is 0 Å². The molecule has 2 aromatic carbocycles. The smallest absolute Gasteiger partial charge is 0.148 e. The quantitative estimate of drug-likeness (QED) is 0.114. The Bertz CT molecular complexity index is 2010. The number of fused-ring (bicyclic) bond motifs is 3. The monoisotopic (exact) mass is 748 g/mol. The van der Waals surface area contributed by atoms with Gasteiger partial charge in [0.05, 0.1) is 11.0 Å². The molecule has 3 aliphatic heterocycles. The first-order valence-electron chi connectivity index (χ1n) is 12.4. The Morgan fingerprint density at radius 2 is 1.05 bits per heavy atom. The third-order valence-electron chi connectivity index (χ3n) is 5.95. The van der Waals surface area contributed by atoms with Gasteiger partial charge in [0.1, 0.15) is 35.4 Å². The number of pyridine rings is 2. The van der Waals surface area contributed by atoms with Crippen LogP contribution in [0.3, 0.4) is 0 Å². The van der Waals surface area contributed by atoms with Crippen molar-refractivity contribution in [2.24, 2.45) is 0 Å². The van der Waals surface area contributed by atoms with Crippen LogP contribution < -0.4 is 15.9 Å². The van der Waals surface area contributed by atoms with Crippen LogP contribution in [0, 0.1) is 45.3 Å². The number of hydrogen-bond acceptors (Lipinski definition) is 8. The van der Waals surface area contributed by atoms with Crippen molar-refractivity contribution < 1.29 is 0 Å². The van der Waals surface area contributed by atoms with Crippen molar-refractivity contribution in [2.45, 2.75) is 0 Å². The van der Waals surface area contributed by atoms with Crippen molar-refractivity contribution in [3.05, 3.63) is 118 Å². The standard InChI is InChI=1S/2C12H8N2.2C4N3.Pb/c2*1-3-9-5-6-10-4-2-8-14-12(10)11(9)13-7-1;2*5-1-4(2-6)3-7;/h2*1-8H;;;/q;-2;2*-1;+2. The van der Waals surface area contributed by atoms with E-state index in [-0.39, 0.29) is 0 Å². The average Bonchev–Trinajstić information content (AvgIpc) is 3.47. The maximum atomic E-state index is 7.79. The van der Waals surface area contributed by atoms with Crippen LogP contribution in [0.5, 0.6) is 0 Å². The Hall–Kier alpha value is -6.14. The largest absolute Gasteiger partial charge is 0.762 e. The molecule has 5 heterocycles. The van der Waals surface area contributed by atoms with E-state index in [0.29, 0.717) is 0 Å². The van der Waals surface area contributed by atoms with Crippen LogP contribution in [0.15, 0.2) is 96.6 Å². The molecule has 0 amide bonds. The van der Waals surface area contributed by atoms with Gasteiger partial charge < -0.3 is 10.8 Å². The van der Waals surface area contributed by atoms with Gasteiger partial charge in [-0.15, -0.1) is 0 Å². The third-order valence-corrected chi connectivity index (χ3v) is 10.5. The van der Waals surface area contributed by atoms with E-state index >= 15 is 0 Å². The molecule has 10 nitrogen and oxygen atoms in total. The van der Waals surface area contributed by atoms with Crippen molar-refractivity contribution >= 4 is 81.9 Å². The summed E-state index contributed by atoms with van der Waals surface area (Å²) in [4.78, 5) is 8.69. The van der Waals surface area contributed by atoms with Gasteiger partial charge in [-0.3, -0.25) is 9.97 Å². The molecule has 0 aliphatic carbocycles. The summed E-state index contributed by atoms with van der Waals surface area (Å²) in [5.74, 6) is 2.79. The van der Waals surface area contributed by atoms with Gasteiger partial charge in [-0.05, 0) is 12.1 Å². The fourth-order valence-corrected chi connectivity index (χ4v) is 8.81. The number of nitriles is 4. The van der Waals surface area contributed by atoms with Crippen LogP contribution in [0.25, 0.3) is 44.8 Å². The van der Waals surface area contributed by atoms with Crippen LogP contribution in [-0.2, 0) is 0 Å². The van der Waals surface area contributed by atoms with E-state index in [1.54, 1.807) is 12.4 Å². The molecule has 0 saturated carbocycles. The van der Waals surface area contributed by atoms with Gasteiger partial charge in [0.15, 0.2) is 0 Å². The zero-order valence-corrected chi connectivity index (χ0v) is 26.1. The molecule has 0 atom stereocenters. The Labute approximate surface area is 259 Å². The molecule has 4 aromatic rings. The normalized spacial score (nSPS) is 11.6. The topological polar surface area (TPSA) is 172 Å². The molecule has 200 valence electrons. The minimum atomic E-state index is -0.893. The van der Waals surface area contributed by atoms with Gasteiger partial charge in [-0.2, -0.15) is 21.0 Å². The van der Waals surface area contributed by atoms with E-state index in [9.17, 15) is 0 Å². The molecular formula is C32H16N10Pb-2. The number of rotatable bonds is 0. The summed E-state index contributed by atoms with van der Waals surface area (Å²) in [7, 11) is 0. The molecular weight excluding hydrogens is 732 g/mol. The molecule has 0 bridgehead atoms. The van der Waals surface area contributed by atoms with Crippen molar-refractivity contribution in [3.8, 4) is 24.3 Å². The molecule has 7 rings (SSSR count). The minimum absolute atomic E-state index is 0.403. The van der Waals surface area contributed by atoms with E-state index < -0.39 is 36.0 Å². The molecule has 0 unspecified atom stereocenters. The Morgan fingerprint density at radius 3 is 1.40 bits per heavy atom. The van der Waals surface area contributed by atoms with Crippen LogP contribution >= 0.6 is 0 Å². The second-order valence-corrected chi connectivity index (χ2v) is 13.0. The average molecular weight is 748 g/mol. The Balaban J connectivity index is 0.000000141. The molecule has 11 heteroatoms. The number of benzene rings is 2. The van der Waals surface area contributed by atoms with Crippen molar-refractivity contribution in [2.75, 3.05) is 5.42 Å². The van der Waals surface area contributed by atoms with E-state index in [0.717, 1.165) is 21.8 Å². The maximum Gasteiger partial charge on any atom is 0.148 e. The number of allylic oxidation sites excluding steroid dienone is 4. The van der Waals surface area contributed by atoms with Gasteiger partial charge in [0.25, 0.3) is 0 Å². The van der Waals surface area contributed by atoms with Crippen LogP contribution in [0.1, 0.15) is 0 Å². The molecule has 43 heavy (non-hydrogen) atoms. The first-order chi connectivity index (χ1) is 21.1. The minimum Gasteiger partial charge on any atom is -0.762 e. The summed E-state index contributed by atoms with van der Waals surface area (Å²) in [5.41, 5.74) is 4.04. The van der Waals surface area contributed by atoms with Gasteiger partial charge in [0.2, 0.25) is 0 Å². The van der Waals surface area contributed by atoms with Crippen molar-refractivity contribution in [3.63, 3.8) is 0 Å². The van der Waals surface area contributed by atoms with Gasteiger partial charge in [-0.1, -0.05) is 24.3 Å². The fraction of sp³-hybridized carbons (Fsp3) is 0. The third kappa shape index (κ3) is 6.78. The summed E-state index contributed by atoms with van der Waals surface area (Å²) >= 11 is -0.893.